The van der Waals surface area contributed by atoms with Crippen molar-refractivity contribution in [2.24, 2.45) is 5.92 Å². The zero-order valence-electron chi connectivity index (χ0n) is 15.1. The molecule has 2 saturated carbocycles. The van der Waals surface area contributed by atoms with Gasteiger partial charge in [-0.1, -0.05) is 36.0 Å². The molecule has 1 aromatic carbocycles. The summed E-state index contributed by atoms with van der Waals surface area (Å²) in [4.78, 5) is 17.2. The van der Waals surface area contributed by atoms with Gasteiger partial charge in [-0.15, -0.1) is 0 Å². The molecule has 2 aliphatic rings. The lowest BCUT2D eigenvalue weighted by molar-refractivity contribution is 0.0946. The second-order valence-electron chi connectivity index (χ2n) is 7.55. The summed E-state index contributed by atoms with van der Waals surface area (Å²) in [6, 6.07) is 7.36. The van der Waals surface area contributed by atoms with Crippen molar-refractivity contribution in [3.05, 3.63) is 51.6 Å². The van der Waals surface area contributed by atoms with Crippen molar-refractivity contribution in [3.63, 3.8) is 0 Å². The van der Waals surface area contributed by atoms with Gasteiger partial charge in [0, 0.05) is 18.4 Å². The molecule has 2 aromatic rings. The van der Waals surface area contributed by atoms with Crippen LogP contribution in [0, 0.1) is 5.92 Å². The third-order valence-electron chi connectivity index (χ3n) is 5.42. The highest BCUT2D eigenvalue weighted by Crippen LogP contribution is 2.42. The summed E-state index contributed by atoms with van der Waals surface area (Å²) in [5.74, 6) is 1.79. The van der Waals surface area contributed by atoms with Gasteiger partial charge in [-0.25, -0.2) is 4.98 Å². The lowest BCUT2D eigenvalue weighted by Gasteiger charge is -2.14. The first-order valence-corrected chi connectivity index (χ1v) is 10.4. The van der Waals surface area contributed by atoms with Gasteiger partial charge < -0.3 is 10.6 Å². The van der Waals surface area contributed by atoms with Crippen molar-refractivity contribution < 1.29 is 4.79 Å². The molecule has 0 aliphatic heterocycles. The number of halogens is 2. The normalized spacial score (nSPS) is 17.1. The minimum Gasteiger partial charge on any atom is -0.352 e. The maximum Gasteiger partial charge on any atom is 0.253 e. The van der Waals surface area contributed by atoms with Crippen LogP contribution in [-0.4, -0.2) is 17.4 Å². The Kier molecular flexibility index (Phi) is 5.55. The van der Waals surface area contributed by atoms with E-state index in [0.717, 1.165) is 30.6 Å². The van der Waals surface area contributed by atoms with Gasteiger partial charge >= 0.3 is 0 Å². The Morgan fingerprint density at radius 3 is 2.56 bits per heavy atom. The number of carbonyl (C=O) groups excluding carboxylic acids is 1. The number of pyridine rings is 1. The van der Waals surface area contributed by atoms with Crippen LogP contribution in [0.2, 0.25) is 10.0 Å². The maximum absolute atomic E-state index is 12.7. The summed E-state index contributed by atoms with van der Waals surface area (Å²) >= 11 is 12.1. The lowest BCUT2D eigenvalue weighted by Crippen LogP contribution is -2.29. The number of rotatable bonds is 6. The molecule has 0 atom stereocenters. The van der Waals surface area contributed by atoms with E-state index in [4.69, 9.17) is 23.2 Å². The van der Waals surface area contributed by atoms with Crippen molar-refractivity contribution in [2.45, 2.75) is 44.4 Å². The number of amides is 1. The first-order chi connectivity index (χ1) is 13.1. The molecule has 2 aliphatic carbocycles. The van der Waals surface area contributed by atoms with Gasteiger partial charge in [0.15, 0.2) is 0 Å². The lowest BCUT2D eigenvalue weighted by atomic mass is 10.0. The number of nitrogens with one attached hydrogen (secondary N) is 2. The van der Waals surface area contributed by atoms with Crippen LogP contribution in [0.15, 0.2) is 30.5 Å². The SMILES string of the molecule is O=C(NCC1CCCC1)c1cnc(Nc2ccc(Cl)c(Cl)c2)cc1C1CC1. The van der Waals surface area contributed by atoms with Crippen LogP contribution in [-0.2, 0) is 0 Å². The molecule has 2 fully saturated rings. The molecule has 1 heterocycles. The third-order valence-corrected chi connectivity index (χ3v) is 6.15. The van der Waals surface area contributed by atoms with E-state index in [9.17, 15) is 4.79 Å². The number of aromatic nitrogens is 1. The largest absolute Gasteiger partial charge is 0.352 e. The second-order valence-corrected chi connectivity index (χ2v) is 8.36. The van der Waals surface area contributed by atoms with Crippen LogP contribution in [0.4, 0.5) is 11.5 Å². The molecule has 0 unspecified atom stereocenters. The van der Waals surface area contributed by atoms with Gasteiger partial charge in [0.1, 0.15) is 5.82 Å². The van der Waals surface area contributed by atoms with Crippen LogP contribution in [0.25, 0.3) is 0 Å². The molecule has 6 heteroatoms. The number of benzene rings is 1. The van der Waals surface area contributed by atoms with E-state index in [-0.39, 0.29) is 5.91 Å². The third kappa shape index (κ3) is 4.56. The average molecular weight is 404 g/mol. The van der Waals surface area contributed by atoms with Crippen molar-refractivity contribution in [3.8, 4) is 0 Å². The molecule has 0 spiro atoms. The van der Waals surface area contributed by atoms with Crippen LogP contribution < -0.4 is 10.6 Å². The fourth-order valence-electron chi connectivity index (χ4n) is 3.73. The zero-order valence-corrected chi connectivity index (χ0v) is 16.6. The number of anilines is 2. The molecule has 4 rings (SSSR count). The summed E-state index contributed by atoms with van der Waals surface area (Å²) in [6.07, 6.45) is 8.95. The van der Waals surface area contributed by atoms with Crippen LogP contribution in [0.1, 0.15) is 60.4 Å². The van der Waals surface area contributed by atoms with Gasteiger partial charge in [0.25, 0.3) is 5.91 Å². The minimum absolute atomic E-state index is 0.00242. The van der Waals surface area contributed by atoms with E-state index in [0.29, 0.717) is 33.3 Å². The molecule has 1 aromatic heterocycles. The minimum atomic E-state index is -0.00242. The summed E-state index contributed by atoms with van der Waals surface area (Å²) in [5.41, 5.74) is 2.60. The van der Waals surface area contributed by atoms with Crippen molar-refractivity contribution in [2.75, 3.05) is 11.9 Å². The van der Waals surface area contributed by atoms with Gasteiger partial charge in [0.05, 0.1) is 15.6 Å². The van der Waals surface area contributed by atoms with Crippen LogP contribution in [0.3, 0.4) is 0 Å². The highest BCUT2D eigenvalue weighted by molar-refractivity contribution is 6.42. The zero-order chi connectivity index (χ0) is 18.8. The molecular weight excluding hydrogens is 381 g/mol. The molecule has 0 radical (unpaired) electrons. The topological polar surface area (TPSA) is 54.0 Å². The number of hydrogen-bond donors (Lipinski definition) is 2. The molecule has 142 valence electrons. The van der Waals surface area contributed by atoms with Crippen LogP contribution >= 0.6 is 23.2 Å². The quantitative estimate of drug-likeness (QED) is 0.628. The fraction of sp³-hybridized carbons (Fsp3) is 0.429. The Hall–Kier alpha value is -1.78. The number of carbonyl (C=O) groups is 1. The van der Waals surface area contributed by atoms with Gasteiger partial charge in [-0.2, -0.15) is 0 Å². The average Bonchev–Trinajstić information content (AvgIpc) is 3.38. The summed E-state index contributed by atoms with van der Waals surface area (Å²) in [6.45, 7) is 0.770. The van der Waals surface area contributed by atoms with E-state index in [1.54, 1.807) is 18.3 Å². The van der Waals surface area contributed by atoms with Crippen molar-refractivity contribution >= 4 is 40.6 Å². The predicted molar refractivity (Wildman–Crippen MR) is 110 cm³/mol. The summed E-state index contributed by atoms with van der Waals surface area (Å²) in [5, 5.41) is 7.38. The van der Waals surface area contributed by atoms with Gasteiger partial charge in [0.2, 0.25) is 0 Å². The van der Waals surface area contributed by atoms with Gasteiger partial charge in [-0.05, 0) is 67.3 Å². The summed E-state index contributed by atoms with van der Waals surface area (Å²) < 4.78 is 0. The first-order valence-electron chi connectivity index (χ1n) is 9.60. The predicted octanol–water partition coefficient (Wildman–Crippen LogP) is 5.93. The van der Waals surface area contributed by atoms with Crippen molar-refractivity contribution in [1.29, 1.82) is 0 Å². The number of hydrogen-bond acceptors (Lipinski definition) is 3. The molecule has 1 amide bonds. The molecule has 0 bridgehead atoms. The monoisotopic (exact) mass is 403 g/mol. The highest BCUT2D eigenvalue weighted by atomic mass is 35.5. The molecule has 2 N–H and O–H groups in total. The van der Waals surface area contributed by atoms with E-state index in [1.165, 1.54) is 25.7 Å². The Labute approximate surface area is 169 Å². The molecule has 4 nitrogen and oxygen atoms in total. The highest BCUT2D eigenvalue weighted by Gasteiger charge is 2.29. The summed E-state index contributed by atoms with van der Waals surface area (Å²) in [7, 11) is 0. The number of nitrogens with zero attached hydrogens (tertiary/aromatic N) is 1. The smallest absolute Gasteiger partial charge is 0.253 e. The van der Waals surface area contributed by atoms with E-state index in [1.807, 2.05) is 12.1 Å². The van der Waals surface area contributed by atoms with E-state index in [2.05, 4.69) is 15.6 Å². The standard InChI is InChI=1S/C21H23Cl2N3O/c22-18-8-7-15(9-19(18)23)26-20-10-16(14-5-6-14)17(12-24-20)21(27)25-11-13-3-1-2-4-13/h7-10,12-14H,1-6,11H2,(H,24,26)(H,25,27). The second kappa shape index (κ2) is 8.07. The van der Waals surface area contributed by atoms with E-state index < -0.39 is 0 Å². The fourth-order valence-corrected chi connectivity index (χ4v) is 4.03. The van der Waals surface area contributed by atoms with E-state index >= 15 is 0 Å². The Morgan fingerprint density at radius 2 is 1.85 bits per heavy atom. The first kappa shape index (κ1) is 18.6. The Morgan fingerprint density at radius 1 is 1.07 bits per heavy atom. The molecule has 27 heavy (non-hydrogen) atoms. The van der Waals surface area contributed by atoms with Crippen molar-refractivity contribution in [1.82, 2.24) is 10.3 Å². The Bertz CT molecular complexity index is 845. The van der Waals surface area contributed by atoms with Gasteiger partial charge in [-0.3, -0.25) is 4.79 Å². The molecular formula is C21H23Cl2N3O. The molecule has 0 saturated heterocycles. The maximum atomic E-state index is 12.7. The van der Waals surface area contributed by atoms with Crippen LogP contribution in [0.5, 0.6) is 0 Å². The Balaban J connectivity index is 1.49.